The van der Waals surface area contributed by atoms with Crippen molar-refractivity contribution in [3.05, 3.63) is 12.3 Å². The van der Waals surface area contributed by atoms with Gasteiger partial charge in [0.25, 0.3) is 0 Å². The predicted molar refractivity (Wildman–Crippen MR) is 83.2 cm³/mol. The standard InChI is InChI=1S/C16H25N3O3/c1-2-3-6-10-19(16(21)13-7-4-5-8-13)12-15(20)17-14-9-11-22-18-14/h9,11,13H,2-8,10,12H2,1H3,(H,17,18,20). The van der Waals surface area contributed by atoms with Gasteiger partial charge in [-0.3, -0.25) is 9.59 Å². The van der Waals surface area contributed by atoms with Gasteiger partial charge in [0.15, 0.2) is 5.82 Å². The van der Waals surface area contributed by atoms with Crippen molar-refractivity contribution in [1.29, 1.82) is 0 Å². The molecule has 1 aliphatic rings. The molecule has 0 spiro atoms. The van der Waals surface area contributed by atoms with E-state index < -0.39 is 0 Å². The Morgan fingerprint density at radius 2 is 2.14 bits per heavy atom. The van der Waals surface area contributed by atoms with Crippen molar-refractivity contribution in [3.8, 4) is 0 Å². The zero-order valence-corrected chi connectivity index (χ0v) is 13.2. The van der Waals surface area contributed by atoms with Gasteiger partial charge in [-0.25, -0.2) is 0 Å². The Hall–Kier alpha value is -1.85. The number of anilines is 1. The summed E-state index contributed by atoms with van der Waals surface area (Å²) in [6.45, 7) is 2.86. The van der Waals surface area contributed by atoms with E-state index in [1.54, 1.807) is 11.0 Å². The maximum absolute atomic E-state index is 12.6. The van der Waals surface area contributed by atoms with Gasteiger partial charge in [-0.15, -0.1) is 0 Å². The quantitative estimate of drug-likeness (QED) is 0.749. The number of unbranched alkanes of at least 4 members (excludes halogenated alkanes) is 2. The van der Waals surface area contributed by atoms with Crippen LogP contribution in [0.15, 0.2) is 16.9 Å². The molecule has 1 aromatic heterocycles. The van der Waals surface area contributed by atoms with Crippen molar-refractivity contribution >= 4 is 17.6 Å². The fourth-order valence-electron chi connectivity index (χ4n) is 2.88. The highest BCUT2D eigenvalue weighted by Crippen LogP contribution is 2.26. The molecule has 1 saturated carbocycles. The lowest BCUT2D eigenvalue weighted by Crippen LogP contribution is -2.41. The second-order valence-corrected chi connectivity index (χ2v) is 5.88. The molecular formula is C16H25N3O3. The summed E-state index contributed by atoms with van der Waals surface area (Å²) in [6, 6.07) is 1.58. The third kappa shape index (κ3) is 4.86. The van der Waals surface area contributed by atoms with Crippen molar-refractivity contribution in [2.75, 3.05) is 18.4 Å². The maximum Gasteiger partial charge on any atom is 0.245 e. The summed E-state index contributed by atoms with van der Waals surface area (Å²) in [5.74, 6) is 0.383. The van der Waals surface area contributed by atoms with Gasteiger partial charge < -0.3 is 14.7 Å². The van der Waals surface area contributed by atoms with Crippen LogP contribution >= 0.6 is 0 Å². The SMILES string of the molecule is CCCCCN(CC(=O)Nc1ccon1)C(=O)C1CCCC1. The van der Waals surface area contributed by atoms with E-state index in [1.165, 1.54) is 6.26 Å². The van der Waals surface area contributed by atoms with Gasteiger partial charge in [0.2, 0.25) is 11.8 Å². The Labute approximate surface area is 131 Å². The summed E-state index contributed by atoms with van der Waals surface area (Å²) >= 11 is 0. The summed E-state index contributed by atoms with van der Waals surface area (Å²) in [6.07, 6.45) is 8.64. The molecule has 22 heavy (non-hydrogen) atoms. The van der Waals surface area contributed by atoms with Crippen LogP contribution < -0.4 is 5.32 Å². The molecule has 0 saturated heterocycles. The van der Waals surface area contributed by atoms with Gasteiger partial charge in [-0.05, 0) is 19.3 Å². The van der Waals surface area contributed by atoms with E-state index in [9.17, 15) is 9.59 Å². The zero-order chi connectivity index (χ0) is 15.8. The van der Waals surface area contributed by atoms with Crippen LogP contribution in [0.5, 0.6) is 0 Å². The van der Waals surface area contributed by atoms with E-state index in [0.29, 0.717) is 12.4 Å². The fraction of sp³-hybridized carbons (Fsp3) is 0.688. The molecule has 122 valence electrons. The third-order valence-electron chi connectivity index (χ3n) is 4.09. The molecule has 2 amide bonds. The number of nitrogens with zero attached hydrogens (tertiary/aromatic N) is 2. The van der Waals surface area contributed by atoms with Crippen molar-refractivity contribution in [3.63, 3.8) is 0 Å². The fourth-order valence-corrected chi connectivity index (χ4v) is 2.88. The lowest BCUT2D eigenvalue weighted by Gasteiger charge is -2.25. The monoisotopic (exact) mass is 307 g/mol. The first-order chi connectivity index (χ1) is 10.7. The second kappa shape index (κ2) is 8.56. The highest BCUT2D eigenvalue weighted by molar-refractivity contribution is 5.94. The van der Waals surface area contributed by atoms with Crippen molar-refractivity contribution in [1.82, 2.24) is 10.1 Å². The van der Waals surface area contributed by atoms with E-state index >= 15 is 0 Å². The van der Waals surface area contributed by atoms with Gasteiger partial charge >= 0.3 is 0 Å². The van der Waals surface area contributed by atoms with E-state index in [4.69, 9.17) is 0 Å². The van der Waals surface area contributed by atoms with Crippen LogP contribution in [0.1, 0.15) is 51.9 Å². The number of amides is 2. The second-order valence-electron chi connectivity index (χ2n) is 5.88. The van der Waals surface area contributed by atoms with Gasteiger partial charge in [0.05, 0.1) is 6.54 Å². The average molecular weight is 307 g/mol. The highest BCUT2D eigenvalue weighted by Gasteiger charge is 2.28. The third-order valence-corrected chi connectivity index (χ3v) is 4.09. The van der Waals surface area contributed by atoms with E-state index in [-0.39, 0.29) is 24.3 Å². The number of nitrogens with one attached hydrogen (secondary N) is 1. The number of hydrogen-bond acceptors (Lipinski definition) is 4. The Bertz CT molecular complexity index is 467. The Kier molecular flexibility index (Phi) is 6.43. The minimum Gasteiger partial charge on any atom is -0.363 e. The van der Waals surface area contributed by atoms with Gasteiger partial charge in [0, 0.05) is 18.5 Å². The molecule has 1 aromatic rings. The molecule has 2 rings (SSSR count). The molecule has 6 nitrogen and oxygen atoms in total. The summed E-state index contributed by atoms with van der Waals surface area (Å²) < 4.78 is 4.68. The molecule has 6 heteroatoms. The molecule has 0 radical (unpaired) electrons. The van der Waals surface area contributed by atoms with Crippen LogP contribution in [0, 0.1) is 5.92 Å². The van der Waals surface area contributed by atoms with Crippen LogP contribution in [0.25, 0.3) is 0 Å². The van der Waals surface area contributed by atoms with Crippen molar-refractivity contribution < 1.29 is 14.1 Å². The van der Waals surface area contributed by atoms with Gasteiger partial charge in [-0.2, -0.15) is 0 Å². The summed E-state index contributed by atoms with van der Waals surface area (Å²) in [7, 11) is 0. The lowest BCUT2D eigenvalue weighted by molar-refractivity contribution is -0.138. The van der Waals surface area contributed by atoms with Crippen LogP contribution in [0.4, 0.5) is 5.82 Å². The lowest BCUT2D eigenvalue weighted by atomic mass is 10.1. The summed E-state index contributed by atoms with van der Waals surface area (Å²) in [5, 5.41) is 6.30. The van der Waals surface area contributed by atoms with E-state index in [0.717, 1.165) is 44.9 Å². The molecule has 0 atom stereocenters. The minimum absolute atomic E-state index is 0.0892. The maximum atomic E-state index is 12.6. The molecule has 1 fully saturated rings. The average Bonchev–Trinajstić information content (AvgIpc) is 3.18. The van der Waals surface area contributed by atoms with Crippen LogP contribution in [0.2, 0.25) is 0 Å². The molecule has 0 bridgehead atoms. The number of rotatable bonds is 8. The number of carbonyl (C=O) groups excluding carboxylic acids is 2. The first-order valence-electron chi connectivity index (χ1n) is 8.19. The van der Waals surface area contributed by atoms with Gasteiger partial charge in [-0.1, -0.05) is 37.8 Å². The summed E-state index contributed by atoms with van der Waals surface area (Å²) in [4.78, 5) is 26.4. The molecule has 1 heterocycles. The van der Waals surface area contributed by atoms with Gasteiger partial charge in [0.1, 0.15) is 6.26 Å². The van der Waals surface area contributed by atoms with Crippen LogP contribution in [-0.4, -0.2) is 35.0 Å². The smallest absolute Gasteiger partial charge is 0.245 e. The minimum atomic E-state index is -0.225. The topological polar surface area (TPSA) is 75.4 Å². The molecular weight excluding hydrogens is 282 g/mol. The number of carbonyl (C=O) groups is 2. The summed E-state index contributed by atoms with van der Waals surface area (Å²) in [5.41, 5.74) is 0. The molecule has 0 unspecified atom stereocenters. The molecule has 1 aliphatic carbocycles. The van der Waals surface area contributed by atoms with E-state index in [1.807, 2.05) is 0 Å². The van der Waals surface area contributed by atoms with Crippen LogP contribution in [-0.2, 0) is 9.59 Å². The molecule has 1 N–H and O–H groups in total. The first-order valence-corrected chi connectivity index (χ1v) is 8.19. The highest BCUT2D eigenvalue weighted by atomic mass is 16.5. The molecule has 0 aromatic carbocycles. The predicted octanol–water partition coefficient (Wildman–Crippen LogP) is 2.82. The van der Waals surface area contributed by atoms with E-state index in [2.05, 4.69) is 21.9 Å². The normalized spacial score (nSPS) is 15.0. The van der Waals surface area contributed by atoms with Crippen LogP contribution in [0.3, 0.4) is 0 Å². The Balaban J connectivity index is 1.90. The molecule has 0 aliphatic heterocycles. The van der Waals surface area contributed by atoms with Crippen molar-refractivity contribution in [2.24, 2.45) is 5.92 Å². The largest absolute Gasteiger partial charge is 0.363 e. The first kappa shape index (κ1) is 16.5. The Morgan fingerprint density at radius 3 is 2.77 bits per heavy atom. The number of aromatic nitrogens is 1. The zero-order valence-electron chi connectivity index (χ0n) is 13.2. The number of hydrogen-bond donors (Lipinski definition) is 1. The van der Waals surface area contributed by atoms with Crippen molar-refractivity contribution in [2.45, 2.75) is 51.9 Å². The Morgan fingerprint density at radius 1 is 1.36 bits per heavy atom.